The van der Waals surface area contributed by atoms with Crippen LogP contribution in [0.1, 0.15) is 43.5 Å². The van der Waals surface area contributed by atoms with Crippen molar-refractivity contribution in [2.45, 2.75) is 38.6 Å². The minimum Gasteiger partial charge on any atom is -0.348 e. The number of thiophene rings is 1. The standard InChI is InChI=1S/C18H27N3O2S/c1-14(16-5-4-12-24-16)19-17(22)13-20-10-6-15(7-11-20)18(23)21-8-2-3-9-21/h4-5,12,14-15H,2-3,6-11,13H2,1H3,(H,19,22). The van der Waals surface area contributed by atoms with Crippen LogP contribution in [0.15, 0.2) is 17.5 Å². The number of hydrogen-bond acceptors (Lipinski definition) is 4. The van der Waals surface area contributed by atoms with Crippen molar-refractivity contribution in [3.8, 4) is 0 Å². The van der Waals surface area contributed by atoms with Gasteiger partial charge in [0.1, 0.15) is 0 Å². The first-order valence-electron chi connectivity index (χ1n) is 8.97. The number of rotatable bonds is 5. The average Bonchev–Trinajstić information content (AvgIpc) is 3.28. The molecular weight excluding hydrogens is 322 g/mol. The Morgan fingerprint density at radius 2 is 1.96 bits per heavy atom. The Balaban J connectivity index is 1.40. The molecule has 6 heteroatoms. The molecule has 2 fully saturated rings. The van der Waals surface area contributed by atoms with E-state index in [0.29, 0.717) is 12.5 Å². The van der Waals surface area contributed by atoms with Crippen LogP contribution in [-0.4, -0.2) is 54.3 Å². The van der Waals surface area contributed by atoms with Gasteiger partial charge in [-0.2, -0.15) is 0 Å². The fourth-order valence-electron chi connectivity index (χ4n) is 3.63. The first-order valence-corrected chi connectivity index (χ1v) is 9.85. The van der Waals surface area contributed by atoms with Crippen molar-refractivity contribution >= 4 is 23.2 Å². The highest BCUT2D eigenvalue weighted by atomic mass is 32.1. The summed E-state index contributed by atoms with van der Waals surface area (Å²) >= 11 is 1.66. The molecule has 0 aromatic carbocycles. The van der Waals surface area contributed by atoms with Crippen LogP contribution >= 0.6 is 11.3 Å². The molecule has 5 nitrogen and oxygen atoms in total. The summed E-state index contributed by atoms with van der Waals surface area (Å²) in [6, 6.07) is 4.11. The van der Waals surface area contributed by atoms with Crippen molar-refractivity contribution in [1.29, 1.82) is 0 Å². The Hall–Kier alpha value is -1.40. The van der Waals surface area contributed by atoms with E-state index in [1.807, 2.05) is 29.3 Å². The average molecular weight is 350 g/mol. The second-order valence-electron chi connectivity index (χ2n) is 6.89. The van der Waals surface area contributed by atoms with Crippen LogP contribution in [0.25, 0.3) is 0 Å². The molecular formula is C18H27N3O2S. The molecule has 1 atom stereocenters. The van der Waals surface area contributed by atoms with Crippen molar-refractivity contribution in [2.24, 2.45) is 5.92 Å². The molecule has 1 aromatic heterocycles. The van der Waals surface area contributed by atoms with Crippen LogP contribution in [0.2, 0.25) is 0 Å². The Morgan fingerprint density at radius 3 is 2.58 bits per heavy atom. The highest BCUT2D eigenvalue weighted by Gasteiger charge is 2.30. The number of piperidine rings is 1. The molecule has 1 aromatic rings. The topological polar surface area (TPSA) is 52.7 Å². The molecule has 2 saturated heterocycles. The second kappa shape index (κ2) is 8.12. The van der Waals surface area contributed by atoms with Gasteiger partial charge in [0.15, 0.2) is 0 Å². The molecule has 0 saturated carbocycles. The fraction of sp³-hybridized carbons (Fsp3) is 0.667. The van der Waals surface area contributed by atoms with Gasteiger partial charge in [0, 0.05) is 23.9 Å². The molecule has 2 aliphatic rings. The molecule has 0 radical (unpaired) electrons. The minimum absolute atomic E-state index is 0.0618. The van der Waals surface area contributed by atoms with E-state index in [1.54, 1.807) is 11.3 Å². The maximum absolute atomic E-state index is 12.4. The third-order valence-corrected chi connectivity index (χ3v) is 6.12. The zero-order chi connectivity index (χ0) is 16.9. The first kappa shape index (κ1) is 17.4. The van der Waals surface area contributed by atoms with E-state index in [1.165, 1.54) is 4.88 Å². The molecule has 3 heterocycles. The van der Waals surface area contributed by atoms with E-state index >= 15 is 0 Å². The lowest BCUT2D eigenvalue weighted by Gasteiger charge is -2.32. The number of amides is 2. The van der Waals surface area contributed by atoms with Crippen LogP contribution in [0.3, 0.4) is 0 Å². The van der Waals surface area contributed by atoms with Crippen molar-refractivity contribution < 1.29 is 9.59 Å². The smallest absolute Gasteiger partial charge is 0.234 e. The maximum Gasteiger partial charge on any atom is 0.234 e. The van der Waals surface area contributed by atoms with Crippen molar-refractivity contribution in [3.05, 3.63) is 22.4 Å². The van der Waals surface area contributed by atoms with Crippen molar-refractivity contribution in [1.82, 2.24) is 15.1 Å². The number of nitrogens with one attached hydrogen (secondary N) is 1. The van der Waals surface area contributed by atoms with Gasteiger partial charge in [-0.05, 0) is 57.1 Å². The summed E-state index contributed by atoms with van der Waals surface area (Å²) in [5.41, 5.74) is 0. The summed E-state index contributed by atoms with van der Waals surface area (Å²) in [4.78, 5) is 30.0. The van der Waals surface area contributed by atoms with Crippen LogP contribution in [0.4, 0.5) is 0 Å². The van der Waals surface area contributed by atoms with E-state index in [-0.39, 0.29) is 17.9 Å². The molecule has 24 heavy (non-hydrogen) atoms. The predicted molar refractivity (Wildman–Crippen MR) is 95.9 cm³/mol. The molecule has 0 spiro atoms. The number of likely N-dealkylation sites (tertiary alicyclic amines) is 2. The third kappa shape index (κ3) is 4.36. The molecule has 2 amide bonds. The number of nitrogens with zero attached hydrogens (tertiary/aromatic N) is 2. The Bertz CT molecular complexity index is 547. The largest absolute Gasteiger partial charge is 0.348 e. The van der Waals surface area contributed by atoms with Gasteiger partial charge < -0.3 is 10.2 Å². The molecule has 1 N–H and O–H groups in total. The number of carbonyl (C=O) groups excluding carboxylic acids is 2. The van der Waals surface area contributed by atoms with Gasteiger partial charge in [-0.3, -0.25) is 14.5 Å². The van der Waals surface area contributed by atoms with Crippen LogP contribution < -0.4 is 5.32 Å². The lowest BCUT2D eigenvalue weighted by Crippen LogP contribution is -2.45. The SMILES string of the molecule is CC(NC(=O)CN1CCC(C(=O)N2CCCC2)CC1)c1cccs1. The normalized spacial score (nSPS) is 21.0. The summed E-state index contributed by atoms with van der Waals surface area (Å²) < 4.78 is 0. The van der Waals surface area contributed by atoms with E-state index < -0.39 is 0 Å². The quantitative estimate of drug-likeness (QED) is 0.887. The van der Waals surface area contributed by atoms with E-state index in [2.05, 4.69) is 10.2 Å². The zero-order valence-electron chi connectivity index (χ0n) is 14.4. The molecule has 1 unspecified atom stereocenters. The summed E-state index contributed by atoms with van der Waals surface area (Å²) in [5.74, 6) is 0.565. The van der Waals surface area contributed by atoms with Gasteiger partial charge in [-0.1, -0.05) is 6.07 Å². The Labute approximate surface area is 148 Å². The van der Waals surface area contributed by atoms with Gasteiger partial charge >= 0.3 is 0 Å². The summed E-state index contributed by atoms with van der Waals surface area (Å²) in [6.07, 6.45) is 4.05. The monoisotopic (exact) mass is 349 g/mol. The first-order chi connectivity index (χ1) is 11.6. The van der Waals surface area contributed by atoms with Gasteiger partial charge in [0.2, 0.25) is 11.8 Å². The van der Waals surface area contributed by atoms with Crippen LogP contribution in [-0.2, 0) is 9.59 Å². The lowest BCUT2D eigenvalue weighted by atomic mass is 9.95. The zero-order valence-corrected chi connectivity index (χ0v) is 15.2. The fourth-order valence-corrected chi connectivity index (χ4v) is 4.37. The summed E-state index contributed by atoms with van der Waals surface area (Å²) in [7, 11) is 0. The molecule has 0 bridgehead atoms. The summed E-state index contributed by atoms with van der Waals surface area (Å²) in [5, 5.41) is 5.09. The minimum atomic E-state index is 0.0618. The highest BCUT2D eigenvalue weighted by molar-refractivity contribution is 7.10. The van der Waals surface area contributed by atoms with Gasteiger partial charge in [0.05, 0.1) is 12.6 Å². The van der Waals surface area contributed by atoms with E-state index in [9.17, 15) is 9.59 Å². The molecule has 132 valence electrons. The predicted octanol–water partition coefficient (Wildman–Crippen LogP) is 2.26. The molecule has 2 aliphatic heterocycles. The van der Waals surface area contributed by atoms with Crippen LogP contribution in [0, 0.1) is 5.92 Å². The molecule has 0 aliphatic carbocycles. The second-order valence-corrected chi connectivity index (χ2v) is 7.87. The van der Waals surface area contributed by atoms with Gasteiger partial charge in [-0.25, -0.2) is 0 Å². The van der Waals surface area contributed by atoms with Crippen LogP contribution in [0.5, 0.6) is 0 Å². The Morgan fingerprint density at radius 1 is 1.25 bits per heavy atom. The number of carbonyl (C=O) groups is 2. The Kier molecular flexibility index (Phi) is 5.89. The van der Waals surface area contributed by atoms with Gasteiger partial charge in [-0.15, -0.1) is 11.3 Å². The van der Waals surface area contributed by atoms with Crippen molar-refractivity contribution in [3.63, 3.8) is 0 Å². The third-order valence-electron chi connectivity index (χ3n) is 5.07. The highest BCUT2D eigenvalue weighted by Crippen LogP contribution is 2.22. The van der Waals surface area contributed by atoms with Gasteiger partial charge in [0.25, 0.3) is 0 Å². The van der Waals surface area contributed by atoms with Crippen molar-refractivity contribution in [2.75, 3.05) is 32.7 Å². The number of hydrogen-bond donors (Lipinski definition) is 1. The van der Waals surface area contributed by atoms with E-state index in [0.717, 1.165) is 51.9 Å². The molecule has 3 rings (SSSR count). The van der Waals surface area contributed by atoms with E-state index in [4.69, 9.17) is 0 Å². The maximum atomic E-state index is 12.4. The summed E-state index contributed by atoms with van der Waals surface area (Å²) in [6.45, 7) is 5.99. The lowest BCUT2D eigenvalue weighted by molar-refractivity contribution is -0.136.